The fourth-order valence-electron chi connectivity index (χ4n) is 2.16. The molecule has 0 radical (unpaired) electrons. The maximum Gasteiger partial charge on any atom is 0.274 e. The molecule has 0 aliphatic rings. The Morgan fingerprint density at radius 2 is 1.89 bits per heavy atom. The van der Waals surface area contributed by atoms with Crippen LogP contribution in [0.15, 0.2) is 29.1 Å². The van der Waals surface area contributed by atoms with Gasteiger partial charge in [0.25, 0.3) is 5.56 Å². The van der Waals surface area contributed by atoms with E-state index in [1.54, 1.807) is 4.68 Å². The first-order chi connectivity index (χ1) is 8.50. The van der Waals surface area contributed by atoms with Crippen molar-refractivity contribution in [2.45, 2.75) is 34.1 Å². The van der Waals surface area contributed by atoms with Gasteiger partial charge in [-0.3, -0.25) is 9.89 Å². The van der Waals surface area contributed by atoms with Crippen molar-refractivity contribution in [3.05, 3.63) is 51.4 Å². The van der Waals surface area contributed by atoms with E-state index >= 15 is 0 Å². The molecule has 96 valence electrons. The monoisotopic (exact) mass is 244 g/mol. The van der Waals surface area contributed by atoms with Gasteiger partial charge in [0.15, 0.2) is 0 Å². The molecule has 3 heteroatoms. The summed E-state index contributed by atoms with van der Waals surface area (Å²) in [5.41, 5.74) is 3.95. The SMILES string of the molecule is Cc1ccccc1-n1[nH]c(CC(C)C)c(C)c1=O. The molecule has 0 bridgehead atoms. The summed E-state index contributed by atoms with van der Waals surface area (Å²) in [5, 5.41) is 3.24. The Bertz CT molecular complexity index is 605. The molecule has 3 nitrogen and oxygen atoms in total. The van der Waals surface area contributed by atoms with Gasteiger partial charge < -0.3 is 0 Å². The zero-order valence-corrected chi connectivity index (χ0v) is 11.4. The highest BCUT2D eigenvalue weighted by Gasteiger charge is 2.13. The molecule has 2 aromatic rings. The maximum absolute atomic E-state index is 12.3. The van der Waals surface area contributed by atoms with Gasteiger partial charge in [-0.15, -0.1) is 0 Å². The third-order valence-electron chi connectivity index (χ3n) is 3.19. The molecule has 0 amide bonds. The van der Waals surface area contributed by atoms with Gasteiger partial charge in [0.2, 0.25) is 0 Å². The van der Waals surface area contributed by atoms with Crippen LogP contribution in [0.5, 0.6) is 0 Å². The number of aryl methyl sites for hydroxylation is 1. The molecule has 0 spiro atoms. The van der Waals surface area contributed by atoms with Crippen molar-refractivity contribution in [2.75, 3.05) is 0 Å². The van der Waals surface area contributed by atoms with E-state index in [1.165, 1.54) is 0 Å². The Balaban J connectivity index is 2.54. The van der Waals surface area contributed by atoms with Crippen molar-refractivity contribution in [1.29, 1.82) is 0 Å². The van der Waals surface area contributed by atoms with E-state index < -0.39 is 0 Å². The van der Waals surface area contributed by atoms with Crippen molar-refractivity contribution in [2.24, 2.45) is 5.92 Å². The smallest absolute Gasteiger partial charge is 0.274 e. The van der Waals surface area contributed by atoms with Crippen molar-refractivity contribution >= 4 is 0 Å². The highest BCUT2D eigenvalue weighted by Crippen LogP contribution is 2.14. The second-order valence-corrected chi connectivity index (χ2v) is 5.24. The van der Waals surface area contributed by atoms with Gasteiger partial charge in [0, 0.05) is 11.3 Å². The molecule has 1 aromatic heterocycles. The summed E-state index contributed by atoms with van der Waals surface area (Å²) >= 11 is 0. The van der Waals surface area contributed by atoms with Crippen LogP contribution >= 0.6 is 0 Å². The molecule has 18 heavy (non-hydrogen) atoms. The summed E-state index contributed by atoms with van der Waals surface area (Å²) in [4.78, 5) is 12.3. The van der Waals surface area contributed by atoms with Crippen molar-refractivity contribution in [1.82, 2.24) is 9.78 Å². The molecule has 0 atom stereocenters. The first-order valence-electron chi connectivity index (χ1n) is 6.37. The number of H-pyrrole nitrogens is 1. The topological polar surface area (TPSA) is 37.8 Å². The molecule has 1 heterocycles. The van der Waals surface area contributed by atoms with E-state index in [-0.39, 0.29) is 5.56 Å². The van der Waals surface area contributed by atoms with Crippen molar-refractivity contribution in [3.8, 4) is 5.69 Å². The summed E-state index contributed by atoms with van der Waals surface area (Å²) in [7, 11) is 0. The van der Waals surface area contributed by atoms with Crippen LogP contribution in [0, 0.1) is 19.8 Å². The van der Waals surface area contributed by atoms with Crippen LogP contribution in [-0.4, -0.2) is 9.78 Å². The molecular weight excluding hydrogens is 224 g/mol. The number of hydrogen-bond acceptors (Lipinski definition) is 1. The Morgan fingerprint density at radius 1 is 1.22 bits per heavy atom. The summed E-state index contributed by atoms with van der Waals surface area (Å²) in [5.74, 6) is 0.534. The van der Waals surface area contributed by atoms with Crippen LogP contribution in [0.4, 0.5) is 0 Å². The lowest BCUT2D eigenvalue weighted by Crippen LogP contribution is -2.16. The van der Waals surface area contributed by atoms with Crippen molar-refractivity contribution < 1.29 is 0 Å². The minimum atomic E-state index is 0.0555. The van der Waals surface area contributed by atoms with Crippen LogP contribution in [0.25, 0.3) is 5.69 Å². The van der Waals surface area contributed by atoms with Crippen LogP contribution in [0.2, 0.25) is 0 Å². The second-order valence-electron chi connectivity index (χ2n) is 5.24. The molecule has 0 fully saturated rings. The van der Waals surface area contributed by atoms with Gasteiger partial charge in [-0.25, -0.2) is 4.68 Å². The number of aromatic nitrogens is 2. The minimum Gasteiger partial charge on any atom is -0.295 e. The molecule has 0 aliphatic heterocycles. The van der Waals surface area contributed by atoms with Crippen LogP contribution < -0.4 is 5.56 Å². The predicted molar refractivity (Wildman–Crippen MR) is 74.4 cm³/mol. The first kappa shape index (κ1) is 12.7. The number of rotatable bonds is 3. The van der Waals surface area contributed by atoms with Gasteiger partial charge in [-0.2, -0.15) is 0 Å². The molecule has 2 rings (SSSR count). The Kier molecular flexibility index (Phi) is 3.41. The van der Waals surface area contributed by atoms with E-state index in [2.05, 4.69) is 18.9 Å². The van der Waals surface area contributed by atoms with E-state index in [1.807, 2.05) is 38.1 Å². The summed E-state index contributed by atoms with van der Waals surface area (Å²) < 4.78 is 1.66. The van der Waals surface area contributed by atoms with Gasteiger partial charge in [-0.05, 0) is 37.8 Å². The number of hydrogen-bond donors (Lipinski definition) is 1. The summed E-state index contributed by atoms with van der Waals surface area (Å²) in [6.45, 7) is 8.22. The number of aromatic amines is 1. The van der Waals surface area contributed by atoms with Gasteiger partial charge >= 0.3 is 0 Å². The highest BCUT2D eigenvalue weighted by atomic mass is 16.1. The fourth-order valence-corrected chi connectivity index (χ4v) is 2.16. The lowest BCUT2D eigenvalue weighted by Gasteiger charge is -2.06. The number of benzene rings is 1. The summed E-state index contributed by atoms with van der Waals surface area (Å²) in [6, 6.07) is 7.91. The molecule has 0 saturated heterocycles. The average Bonchev–Trinajstić information content (AvgIpc) is 2.58. The molecule has 0 aliphatic carbocycles. The minimum absolute atomic E-state index is 0.0555. The molecular formula is C15H20N2O. The number of para-hydroxylation sites is 1. The van der Waals surface area contributed by atoms with Gasteiger partial charge in [0.05, 0.1) is 5.69 Å². The van der Waals surface area contributed by atoms with Crippen LogP contribution in [0.1, 0.15) is 30.7 Å². The van der Waals surface area contributed by atoms with E-state index in [4.69, 9.17) is 0 Å². The van der Waals surface area contributed by atoms with E-state index in [9.17, 15) is 4.79 Å². The van der Waals surface area contributed by atoms with E-state index in [0.29, 0.717) is 5.92 Å². The predicted octanol–water partition coefficient (Wildman–Crippen LogP) is 2.98. The fraction of sp³-hybridized carbons (Fsp3) is 0.400. The molecule has 1 aromatic carbocycles. The first-order valence-corrected chi connectivity index (χ1v) is 6.37. The summed E-state index contributed by atoms with van der Waals surface area (Å²) in [6.07, 6.45) is 0.903. The number of nitrogens with zero attached hydrogens (tertiary/aromatic N) is 1. The molecule has 0 saturated carbocycles. The highest BCUT2D eigenvalue weighted by molar-refractivity contribution is 5.40. The lowest BCUT2D eigenvalue weighted by molar-refractivity contribution is 0.626. The zero-order chi connectivity index (χ0) is 13.3. The average molecular weight is 244 g/mol. The zero-order valence-electron chi connectivity index (χ0n) is 11.4. The third kappa shape index (κ3) is 2.26. The third-order valence-corrected chi connectivity index (χ3v) is 3.19. The largest absolute Gasteiger partial charge is 0.295 e. The molecule has 0 unspecified atom stereocenters. The maximum atomic E-state index is 12.3. The van der Waals surface area contributed by atoms with Gasteiger partial charge in [0.1, 0.15) is 0 Å². The Hall–Kier alpha value is -1.77. The Morgan fingerprint density at radius 3 is 2.50 bits per heavy atom. The number of nitrogens with one attached hydrogen (secondary N) is 1. The van der Waals surface area contributed by atoms with Crippen molar-refractivity contribution in [3.63, 3.8) is 0 Å². The van der Waals surface area contributed by atoms with Crippen LogP contribution in [-0.2, 0) is 6.42 Å². The van der Waals surface area contributed by atoms with E-state index in [0.717, 1.165) is 28.9 Å². The standard InChI is InChI=1S/C15H20N2O/c1-10(2)9-13-12(4)15(18)17(16-13)14-8-6-5-7-11(14)3/h5-8,10,16H,9H2,1-4H3. The van der Waals surface area contributed by atoms with Gasteiger partial charge in [-0.1, -0.05) is 32.0 Å². The second kappa shape index (κ2) is 4.84. The van der Waals surface area contributed by atoms with Crippen LogP contribution in [0.3, 0.4) is 0 Å². The Labute approximate surface area is 107 Å². The lowest BCUT2D eigenvalue weighted by atomic mass is 10.1. The normalized spacial score (nSPS) is 11.2. The molecule has 1 N–H and O–H groups in total. The quantitative estimate of drug-likeness (QED) is 0.885.